The Labute approximate surface area is 188 Å². The van der Waals surface area contributed by atoms with E-state index in [1.807, 2.05) is 19.1 Å². The van der Waals surface area contributed by atoms with Crippen molar-refractivity contribution >= 4 is 34.1 Å². The first kappa shape index (κ1) is 21.4. The third kappa shape index (κ3) is 4.57. The number of methoxy groups -OCH3 is 1. The number of carbonyl (C=O) groups excluding carboxylic acids is 3. The molecule has 8 nitrogen and oxygen atoms in total. The molecule has 0 radical (unpaired) electrons. The summed E-state index contributed by atoms with van der Waals surface area (Å²) < 4.78 is 15.3. The van der Waals surface area contributed by atoms with Crippen LogP contribution in [0.15, 0.2) is 48.5 Å². The van der Waals surface area contributed by atoms with Gasteiger partial charge in [-0.2, -0.15) is 0 Å². The fourth-order valence-electron chi connectivity index (χ4n) is 3.16. The summed E-state index contributed by atoms with van der Waals surface area (Å²) in [5.74, 6) is 0.163. The van der Waals surface area contributed by atoms with Crippen LogP contribution in [0.5, 0.6) is 11.5 Å². The first-order valence-corrected chi connectivity index (χ1v) is 10.5. The Morgan fingerprint density at radius 3 is 2.44 bits per heavy atom. The third-order valence-electron chi connectivity index (χ3n) is 4.79. The second-order valence-electron chi connectivity index (χ2n) is 6.99. The smallest absolute Gasteiger partial charge is 0.337 e. The molecule has 0 fully saturated rings. The summed E-state index contributed by atoms with van der Waals surface area (Å²) in [7, 11) is 1.29. The molecule has 2 amide bonds. The average Bonchev–Trinajstić information content (AvgIpc) is 3.42. The highest BCUT2D eigenvalue weighted by Crippen LogP contribution is 2.32. The maximum Gasteiger partial charge on any atom is 0.337 e. The first-order chi connectivity index (χ1) is 15.4. The largest absolute Gasteiger partial charge is 0.465 e. The molecule has 2 aromatic carbocycles. The maximum atomic E-state index is 12.8. The van der Waals surface area contributed by atoms with Gasteiger partial charge in [-0.15, -0.1) is 11.3 Å². The highest BCUT2D eigenvalue weighted by atomic mass is 32.1. The number of anilines is 1. The minimum Gasteiger partial charge on any atom is -0.465 e. The Morgan fingerprint density at radius 2 is 1.69 bits per heavy atom. The van der Waals surface area contributed by atoms with E-state index in [1.165, 1.54) is 42.7 Å². The average molecular weight is 452 g/mol. The molecular formula is C23H20N2O6S. The monoisotopic (exact) mass is 452 g/mol. The minimum absolute atomic E-state index is 0.188. The van der Waals surface area contributed by atoms with Gasteiger partial charge in [0, 0.05) is 17.0 Å². The molecule has 0 spiro atoms. The quantitative estimate of drug-likeness (QED) is 0.552. The number of hydrogen-bond acceptors (Lipinski definition) is 7. The van der Waals surface area contributed by atoms with Gasteiger partial charge in [0.1, 0.15) is 5.00 Å². The van der Waals surface area contributed by atoms with Gasteiger partial charge in [0.2, 0.25) is 6.79 Å². The fourth-order valence-corrected chi connectivity index (χ4v) is 4.06. The molecule has 0 unspecified atom stereocenters. The number of carbonyl (C=O) groups is 3. The van der Waals surface area contributed by atoms with Crippen LogP contribution in [-0.2, 0) is 11.3 Å². The zero-order chi connectivity index (χ0) is 22.7. The summed E-state index contributed by atoms with van der Waals surface area (Å²) in [6.45, 7) is 2.35. The third-order valence-corrected chi connectivity index (χ3v) is 5.75. The number of benzene rings is 2. The lowest BCUT2D eigenvalue weighted by atomic mass is 10.1. The van der Waals surface area contributed by atoms with Gasteiger partial charge in [-0.05, 0) is 55.0 Å². The molecule has 2 heterocycles. The van der Waals surface area contributed by atoms with Gasteiger partial charge in [0.05, 0.1) is 18.2 Å². The molecule has 1 aliphatic heterocycles. The highest BCUT2D eigenvalue weighted by molar-refractivity contribution is 7.16. The van der Waals surface area contributed by atoms with E-state index in [-0.39, 0.29) is 18.6 Å². The molecule has 0 aliphatic carbocycles. The number of fused-ring (bicyclic) bond motifs is 1. The zero-order valence-corrected chi connectivity index (χ0v) is 18.2. The molecule has 164 valence electrons. The first-order valence-electron chi connectivity index (χ1n) is 9.71. The van der Waals surface area contributed by atoms with Crippen LogP contribution in [0.2, 0.25) is 0 Å². The van der Waals surface area contributed by atoms with Gasteiger partial charge in [-0.3, -0.25) is 9.59 Å². The minimum atomic E-state index is -0.479. The summed E-state index contributed by atoms with van der Waals surface area (Å²) in [6, 6.07) is 13.3. The van der Waals surface area contributed by atoms with Crippen molar-refractivity contribution in [3.63, 3.8) is 0 Å². The van der Waals surface area contributed by atoms with Crippen molar-refractivity contribution in [1.29, 1.82) is 0 Å². The molecule has 2 N–H and O–H groups in total. The fraction of sp³-hybridized carbons (Fsp3) is 0.174. The molecule has 3 aromatic rings. The Balaban J connectivity index is 1.43. The van der Waals surface area contributed by atoms with E-state index < -0.39 is 5.97 Å². The molecule has 0 saturated heterocycles. The molecule has 0 atom stereocenters. The van der Waals surface area contributed by atoms with Crippen LogP contribution in [0.25, 0.3) is 0 Å². The number of ether oxygens (including phenoxy) is 3. The molecular weight excluding hydrogens is 432 g/mol. The predicted molar refractivity (Wildman–Crippen MR) is 119 cm³/mol. The van der Waals surface area contributed by atoms with Crippen molar-refractivity contribution in [2.24, 2.45) is 0 Å². The number of nitrogens with one attached hydrogen (secondary N) is 2. The van der Waals surface area contributed by atoms with Gasteiger partial charge < -0.3 is 24.8 Å². The SMILES string of the molecule is COC(=O)c1ccc(C(=O)Nc2sc(C)cc2C(=O)NCc2ccc3c(c2)OCO3)cc1. The number of hydrogen-bond donors (Lipinski definition) is 2. The summed E-state index contributed by atoms with van der Waals surface area (Å²) in [5, 5.41) is 6.11. The van der Waals surface area contributed by atoms with E-state index in [9.17, 15) is 14.4 Å². The second kappa shape index (κ2) is 9.11. The number of esters is 1. The van der Waals surface area contributed by atoms with E-state index in [2.05, 4.69) is 15.4 Å². The van der Waals surface area contributed by atoms with Gasteiger partial charge in [0.25, 0.3) is 11.8 Å². The highest BCUT2D eigenvalue weighted by Gasteiger charge is 2.19. The van der Waals surface area contributed by atoms with Crippen molar-refractivity contribution in [2.45, 2.75) is 13.5 Å². The number of amides is 2. The Kier molecular flexibility index (Phi) is 6.09. The van der Waals surface area contributed by atoms with Crippen molar-refractivity contribution in [1.82, 2.24) is 5.32 Å². The number of aryl methyl sites for hydroxylation is 1. The van der Waals surface area contributed by atoms with E-state index in [4.69, 9.17) is 9.47 Å². The van der Waals surface area contributed by atoms with Gasteiger partial charge in [0.15, 0.2) is 11.5 Å². The normalized spacial score (nSPS) is 11.7. The molecule has 0 saturated carbocycles. The van der Waals surface area contributed by atoms with Crippen molar-refractivity contribution in [3.8, 4) is 11.5 Å². The Hall–Kier alpha value is -3.85. The molecule has 1 aliphatic rings. The summed E-state index contributed by atoms with van der Waals surface area (Å²) in [5.41, 5.74) is 1.95. The van der Waals surface area contributed by atoms with Crippen LogP contribution >= 0.6 is 11.3 Å². The van der Waals surface area contributed by atoms with Crippen LogP contribution in [0.4, 0.5) is 5.00 Å². The van der Waals surface area contributed by atoms with Crippen molar-refractivity contribution in [3.05, 3.63) is 75.7 Å². The van der Waals surface area contributed by atoms with Crippen LogP contribution < -0.4 is 20.1 Å². The van der Waals surface area contributed by atoms with Gasteiger partial charge in [-0.1, -0.05) is 6.07 Å². The molecule has 32 heavy (non-hydrogen) atoms. The number of thiophene rings is 1. The molecule has 4 rings (SSSR count). The Bertz CT molecular complexity index is 1190. The summed E-state index contributed by atoms with van der Waals surface area (Å²) in [4.78, 5) is 37.9. The molecule has 9 heteroatoms. The van der Waals surface area contributed by atoms with Crippen LogP contribution in [0.1, 0.15) is 41.5 Å². The van der Waals surface area contributed by atoms with E-state index in [0.717, 1.165) is 10.4 Å². The Morgan fingerprint density at radius 1 is 0.969 bits per heavy atom. The van der Waals surface area contributed by atoms with Crippen molar-refractivity contribution < 1.29 is 28.6 Å². The lowest BCUT2D eigenvalue weighted by molar-refractivity contribution is 0.0600. The summed E-state index contributed by atoms with van der Waals surface area (Å²) >= 11 is 1.31. The van der Waals surface area contributed by atoms with E-state index in [0.29, 0.717) is 39.7 Å². The van der Waals surface area contributed by atoms with Gasteiger partial charge >= 0.3 is 5.97 Å². The lowest BCUT2D eigenvalue weighted by Crippen LogP contribution is -2.24. The molecule has 1 aromatic heterocycles. The molecule has 0 bridgehead atoms. The lowest BCUT2D eigenvalue weighted by Gasteiger charge is -2.09. The second-order valence-corrected chi connectivity index (χ2v) is 8.25. The van der Waals surface area contributed by atoms with Crippen LogP contribution in [0, 0.1) is 6.92 Å². The van der Waals surface area contributed by atoms with Crippen LogP contribution in [0.3, 0.4) is 0 Å². The van der Waals surface area contributed by atoms with Gasteiger partial charge in [-0.25, -0.2) is 4.79 Å². The van der Waals surface area contributed by atoms with Crippen LogP contribution in [-0.4, -0.2) is 31.7 Å². The standard InChI is InChI=1S/C23H20N2O6S/c1-13-9-17(21(27)24-11-14-3-8-18-19(10-14)31-12-30-18)22(32-13)25-20(26)15-4-6-16(7-5-15)23(28)29-2/h3-10H,11-12H2,1-2H3,(H,24,27)(H,25,26). The van der Waals surface area contributed by atoms with E-state index >= 15 is 0 Å². The topological polar surface area (TPSA) is 103 Å². The zero-order valence-electron chi connectivity index (χ0n) is 17.4. The van der Waals surface area contributed by atoms with Crippen molar-refractivity contribution in [2.75, 3.05) is 19.2 Å². The maximum absolute atomic E-state index is 12.8. The summed E-state index contributed by atoms with van der Waals surface area (Å²) in [6.07, 6.45) is 0. The number of rotatable bonds is 6. The van der Waals surface area contributed by atoms with E-state index in [1.54, 1.807) is 12.1 Å². The predicted octanol–water partition coefficient (Wildman–Crippen LogP) is 3.75.